The zero-order chi connectivity index (χ0) is 17.1. The third kappa shape index (κ3) is 4.00. The third-order valence-electron chi connectivity index (χ3n) is 2.99. The summed E-state index contributed by atoms with van der Waals surface area (Å²) in [6.45, 7) is 3.08. The molecule has 0 saturated heterocycles. The number of rotatable bonds is 4. The van der Waals surface area contributed by atoms with Crippen LogP contribution >= 0.6 is 23.2 Å². The number of hydrogen-bond acceptors (Lipinski definition) is 5. The zero-order valence-electron chi connectivity index (χ0n) is 12.6. The van der Waals surface area contributed by atoms with Crippen LogP contribution in [-0.2, 0) is 16.6 Å². The first-order valence-corrected chi connectivity index (χ1v) is 7.37. The summed E-state index contributed by atoms with van der Waals surface area (Å²) in [6, 6.07) is 3.12. The normalized spacial score (nSPS) is 11.9. The van der Waals surface area contributed by atoms with Gasteiger partial charge >= 0.3 is 5.97 Å². The summed E-state index contributed by atoms with van der Waals surface area (Å²) in [5.74, 6) is -0.934. The van der Waals surface area contributed by atoms with Crippen LogP contribution in [0.3, 0.4) is 0 Å². The Kier molecular flexibility index (Phi) is 5.23. The fourth-order valence-corrected chi connectivity index (χ4v) is 2.18. The molecule has 0 bridgehead atoms. The van der Waals surface area contributed by atoms with E-state index in [0.717, 1.165) is 0 Å². The van der Waals surface area contributed by atoms with Crippen LogP contribution in [0.1, 0.15) is 23.0 Å². The van der Waals surface area contributed by atoms with Gasteiger partial charge in [-0.15, -0.1) is 0 Å². The Morgan fingerprint density at radius 2 is 2.04 bits per heavy atom. The molecule has 1 atom stereocenters. The van der Waals surface area contributed by atoms with Gasteiger partial charge in [-0.1, -0.05) is 23.2 Å². The molecule has 0 aliphatic rings. The maximum Gasteiger partial charge on any atom is 0.343 e. The molecule has 1 amide bonds. The lowest BCUT2D eigenvalue weighted by atomic mass is 10.2. The van der Waals surface area contributed by atoms with Gasteiger partial charge in [0.2, 0.25) is 0 Å². The number of ether oxygens (including phenoxy) is 1. The molecule has 2 heterocycles. The van der Waals surface area contributed by atoms with Crippen molar-refractivity contribution in [1.82, 2.24) is 14.8 Å². The Hall–Kier alpha value is -2.12. The van der Waals surface area contributed by atoms with E-state index in [1.54, 1.807) is 20.0 Å². The van der Waals surface area contributed by atoms with Crippen LogP contribution in [0.2, 0.25) is 10.2 Å². The number of pyridine rings is 1. The van der Waals surface area contributed by atoms with Gasteiger partial charge in [0, 0.05) is 13.2 Å². The molecule has 23 heavy (non-hydrogen) atoms. The molecule has 1 unspecified atom stereocenters. The van der Waals surface area contributed by atoms with Gasteiger partial charge in [-0.05, 0) is 26.0 Å². The van der Waals surface area contributed by atoms with E-state index in [0.29, 0.717) is 16.5 Å². The number of esters is 1. The second-order valence-corrected chi connectivity index (χ2v) is 5.57. The second-order valence-electron chi connectivity index (χ2n) is 4.77. The van der Waals surface area contributed by atoms with E-state index in [4.69, 9.17) is 27.9 Å². The summed E-state index contributed by atoms with van der Waals surface area (Å²) in [6.07, 6.45) is 0.364. The molecule has 1 N–H and O–H groups in total. The van der Waals surface area contributed by atoms with Crippen LogP contribution in [0.25, 0.3) is 0 Å². The average Bonchev–Trinajstić information content (AvgIpc) is 2.74. The number of anilines is 1. The number of halogens is 2. The van der Waals surface area contributed by atoms with Gasteiger partial charge in [0.25, 0.3) is 5.91 Å². The average molecular weight is 357 g/mol. The van der Waals surface area contributed by atoms with Crippen molar-refractivity contribution in [3.05, 3.63) is 39.8 Å². The van der Waals surface area contributed by atoms with Gasteiger partial charge in [0.05, 0.1) is 10.7 Å². The number of nitrogens with one attached hydrogen (secondary N) is 1. The zero-order valence-corrected chi connectivity index (χ0v) is 14.1. The van der Waals surface area contributed by atoms with Crippen molar-refractivity contribution in [2.24, 2.45) is 7.05 Å². The van der Waals surface area contributed by atoms with Crippen molar-refractivity contribution in [2.75, 3.05) is 5.32 Å². The van der Waals surface area contributed by atoms with Crippen molar-refractivity contribution >= 4 is 40.9 Å². The molecule has 0 saturated carbocycles. The van der Waals surface area contributed by atoms with Crippen molar-refractivity contribution in [3.8, 4) is 0 Å². The van der Waals surface area contributed by atoms with E-state index in [9.17, 15) is 9.59 Å². The molecule has 2 aromatic rings. The molecule has 7 nitrogen and oxygen atoms in total. The van der Waals surface area contributed by atoms with E-state index >= 15 is 0 Å². The monoisotopic (exact) mass is 356 g/mol. The summed E-state index contributed by atoms with van der Waals surface area (Å²) in [4.78, 5) is 28.1. The highest BCUT2D eigenvalue weighted by Gasteiger charge is 2.25. The van der Waals surface area contributed by atoms with E-state index in [1.165, 1.54) is 23.9 Å². The fraction of sp³-hybridized carbons (Fsp3) is 0.286. The van der Waals surface area contributed by atoms with Gasteiger partial charge in [0.15, 0.2) is 6.10 Å². The predicted octanol–water partition coefficient (Wildman–Crippen LogP) is 2.61. The number of nitrogens with zero attached hydrogens (tertiary/aromatic N) is 3. The second kappa shape index (κ2) is 6.97. The SMILES string of the molecule is Cc1nn(C)c(Cl)c1C(=O)OC(C)C(=O)Nc1ccc(Cl)cn1. The summed E-state index contributed by atoms with van der Waals surface area (Å²) in [5.41, 5.74) is 0.563. The van der Waals surface area contributed by atoms with Gasteiger partial charge < -0.3 is 10.1 Å². The first-order valence-electron chi connectivity index (χ1n) is 6.62. The molecule has 0 aliphatic heterocycles. The molecule has 2 rings (SSSR count). The first-order chi connectivity index (χ1) is 10.8. The number of carbonyl (C=O) groups is 2. The minimum atomic E-state index is -1.03. The third-order valence-corrected chi connectivity index (χ3v) is 3.65. The van der Waals surface area contributed by atoms with Gasteiger partial charge in [-0.25, -0.2) is 9.78 Å². The molecule has 0 aliphatic carbocycles. The smallest absolute Gasteiger partial charge is 0.343 e. The molecule has 2 aromatic heterocycles. The Morgan fingerprint density at radius 3 is 2.57 bits per heavy atom. The molecule has 9 heteroatoms. The van der Waals surface area contributed by atoms with E-state index in [-0.39, 0.29) is 10.7 Å². The Labute approximate surface area is 142 Å². The molecular formula is C14H14Cl2N4O3. The minimum Gasteiger partial charge on any atom is -0.449 e. The summed E-state index contributed by atoms with van der Waals surface area (Å²) < 4.78 is 6.48. The number of amides is 1. The van der Waals surface area contributed by atoms with Gasteiger partial charge in [-0.3, -0.25) is 9.48 Å². The van der Waals surface area contributed by atoms with Crippen molar-refractivity contribution in [1.29, 1.82) is 0 Å². The molecule has 0 radical (unpaired) electrons. The lowest BCUT2D eigenvalue weighted by molar-refractivity contribution is -0.123. The van der Waals surface area contributed by atoms with E-state index in [2.05, 4.69) is 15.4 Å². The van der Waals surface area contributed by atoms with Crippen LogP contribution in [0, 0.1) is 6.92 Å². The number of carbonyl (C=O) groups excluding carboxylic acids is 2. The molecule has 0 spiro atoms. The van der Waals surface area contributed by atoms with Crippen LogP contribution in [-0.4, -0.2) is 32.7 Å². The highest BCUT2D eigenvalue weighted by Crippen LogP contribution is 2.20. The highest BCUT2D eigenvalue weighted by molar-refractivity contribution is 6.32. The van der Waals surface area contributed by atoms with Crippen LogP contribution in [0.5, 0.6) is 0 Å². The van der Waals surface area contributed by atoms with Crippen molar-refractivity contribution in [2.45, 2.75) is 20.0 Å². The van der Waals surface area contributed by atoms with Crippen LogP contribution in [0.4, 0.5) is 5.82 Å². The quantitative estimate of drug-likeness (QED) is 0.850. The summed E-state index contributed by atoms with van der Waals surface area (Å²) >= 11 is 11.7. The van der Waals surface area contributed by atoms with E-state index < -0.39 is 18.0 Å². The summed E-state index contributed by atoms with van der Waals surface area (Å²) in [7, 11) is 1.61. The maximum atomic E-state index is 12.1. The first kappa shape index (κ1) is 17.2. The number of aromatic nitrogens is 3. The molecular weight excluding hydrogens is 343 g/mol. The Balaban J connectivity index is 2.03. The van der Waals surface area contributed by atoms with Gasteiger partial charge in [0.1, 0.15) is 16.5 Å². The minimum absolute atomic E-state index is 0.137. The lowest BCUT2D eigenvalue weighted by Crippen LogP contribution is -2.30. The molecule has 0 aromatic carbocycles. The molecule has 0 fully saturated rings. The fourth-order valence-electron chi connectivity index (χ4n) is 1.81. The maximum absolute atomic E-state index is 12.1. The van der Waals surface area contributed by atoms with Crippen LogP contribution < -0.4 is 5.32 Å². The van der Waals surface area contributed by atoms with Crippen LogP contribution in [0.15, 0.2) is 18.3 Å². The molecule has 122 valence electrons. The Bertz CT molecular complexity index is 743. The topological polar surface area (TPSA) is 86.1 Å². The van der Waals surface area contributed by atoms with E-state index in [1.807, 2.05) is 0 Å². The highest BCUT2D eigenvalue weighted by atomic mass is 35.5. The lowest BCUT2D eigenvalue weighted by Gasteiger charge is -2.13. The standard InChI is InChI=1S/C14H14Cl2N4O3/c1-7-11(12(16)20(3)19-7)14(22)23-8(2)13(21)18-10-5-4-9(15)6-17-10/h4-6,8H,1-3H3,(H,17,18,21). The largest absolute Gasteiger partial charge is 0.449 e. The summed E-state index contributed by atoms with van der Waals surface area (Å²) in [5, 5.41) is 7.14. The predicted molar refractivity (Wildman–Crippen MR) is 85.7 cm³/mol. The van der Waals surface area contributed by atoms with Crippen molar-refractivity contribution in [3.63, 3.8) is 0 Å². The van der Waals surface area contributed by atoms with Gasteiger partial charge in [-0.2, -0.15) is 5.10 Å². The number of aryl methyl sites for hydroxylation is 2. The van der Waals surface area contributed by atoms with Crippen molar-refractivity contribution < 1.29 is 14.3 Å². The number of hydrogen-bond donors (Lipinski definition) is 1. The Morgan fingerprint density at radius 1 is 1.35 bits per heavy atom.